The Balaban J connectivity index is 2.39. The molecule has 0 bridgehead atoms. The van der Waals surface area contributed by atoms with Gasteiger partial charge in [-0.25, -0.2) is 9.24 Å². The van der Waals surface area contributed by atoms with Crippen LogP contribution < -0.4 is 0 Å². The second-order valence-electron chi connectivity index (χ2n) is 6.50. The predicted molar refractivity (Wildman–Crippen MR) is 72.1 cm³/mol. The van der Waals surface area contributed by atoms with E-state index in [4.69, 9.17) is 6.57 Å². The van der Waals surface area contributed by atoms with Gasteiger partial charge in [0.1, 0.15) is 6.67 Å². The van der Waals surface area contributed by atoms with Crippen molar-refractivity contribution in [2.45, 2.75) is 27.2 Å². The highest BCUT2D eigenvalue weighted by Gasteiger charge is 2.52. The van der Waals surface area contributed by atoms with E-state index in [1.165, 1.54) is 0 Å². The molecule has 2 atom stereocenters. The number of likely N-dealkylation sites (tertiary alicyclic amines) is 1. The molecule has 0 N–H and O–H groups in total. The number of carbonyl (C=O) groups excluding carboxylic acids is 1. The number of allylic oxidation sites excluding steroid dienone is 1. The molecule has 0 amide bonds. The number of hydrogen-bond donors (Lipinski definition) is 0. The Labute approximate surface area is 114 Å². The van der Waals surface area contributed by atoms with Gasteiger partial charge in [0, 0.05) is 18.5 Å². The third-order valence-corrected chi connectivity index (χ3v) is 4.77. The Hall–Kier alpha value is -1.21. The highest BCUT2D eigenvalue weighted by Crippen LogP contribution is 2.52. The van der Waals surface area contributed by atoms with Crippen molar-refractivity contribution in [3.63, 3.8) is 0 Å². The molecule has 0 spiro atoms. The van der Waals surface area contributed by atoms with Gasteiger partial charge in [-0.3, -0.25) is 4.90 Å². The molecule has 0 unspecified atom stereocenters. The zero-order valence-corrected chi connectivity index (χ0v) is 11.9. The normalized spacial score (nSPS) is 34.4. The van der Waals surface area contributed by atoms with Gasteiger partial charge >= 0.3 is 0 Å². The van der Waals surface area contributed by atoms with Crippen molar-refractivity contribution in [2.24, 2.45) is 16.7 Å². The summed E-state index contributed by atoms with van der Waals surface area (Å²) in [7, 11) is 0. The van der Waals surface area contributed by atoms with Gasteiger partial charge < -0.3 is 4.79 Å². The van der Waals surface area contributed by atoms with E-state index in [2.05, 4.69) is 16.7 Å². The van der Waals surface area contributed by atoms with Crippen molar-refractivity contribution in [3.8, 4) is 0 Å². The lowest BCUT2D eigenvalue weighted by Gasteiger charge is -2.53. The van der Waals surface area contributed by atoms with Crippen molar-refractivity contribution in [1.29, 1.82) is 0 Å². The Bertz CT molecular complexity index is 463. The molecule has 4 heteroatoms. The van der Waals surface area contributed by atoms with Crippen LogP contribution in [-0.2, 0) is 4.79 Å². The van der Waals surface area contributed by atoms with E-state index in [1.807, 2.05) is 19.9 Å². The number of fused-ring (bicyclic) bond motifs is 1. The minimum absolute atomic E-state index is 0.0380. The SMILES string of the molecule is [C-]#[N+]C1=C[C@@]2(C)CN(CCF)CC[C@@H]2C(C)(C)C1=O. The van der Waals surface area contributed by atoms with Gasteiger partial charge in [-0.1, -0.05) is 26.8 Å². The van der Waals surface area contributed by atoms with Crippen LogP contribution >= 0.6 is 0 Å². The summed E-state index contributed by atoms with van der Waals surface area (Å²) < 4.78 is 12.5. The summed E-state index contributed by atoms with van der Waals surface area (Å²) in [5, 5.41) is 0. The first-order valence-corrected chi connectivity index (χ1v) is 6.78. The summed E-state index contributed by atoms with van der Waals surface area (Å²) in [4.78, 5) is 17.8. The van der Waals surface area contributed by atoms with Gasteiger partial charge in [-0.2, -0.15) is 0 Å². The van der Waals surface area contributed by atoms with Crippen molar-refractivity contribution >= 4 is 5.78 Å². The van der Waals surface area contributed by atoms with Crippen LogP contribution in [0.25, 0.3) is 4.85 Å². The van der Waals surface area contributed by atoms with E-state index in [0.29, 0.717) is 6.54 Å². The minimum atomic E-state index is -0.495. The van der Waals surface area contributed by atoms with Crippen LogP contribution in [0.3, 0.4) is 0 Å². The van der Waals surface area contributed by atoms with Gasteiger partial charge in [0.15, 0.2) is 5.78 Å². The van der Waals surface area contributed by atoms with Crippen molar-refractivity contribution in [1.82, 2.24) is 4.90 Å². The number of nitrogens with zero attached hydrogens (tertiary/aromatic N) is 2. The van der Waals surface area contributed by atoms with Gasteiger partial charge in [0.2, 0.25) is 5.70 Å². The summed E-state index contributed by atoms with van der Waals surface area (Å²) in [6.45, 7) is 14.8. The van der Waals surface area contributed by atoms with E-state index in [9.17, 15) is 9.18 Å². The van der Waals surface area contributed by atoms with Crippen molar-refractivity contribution in [3.05, 3.63) is 23.2 Å². The maximum Gasteiger partial charge on any atom is 0.226 e. The van der Waals surface area contributed by atoms with Crippen LogP contribution in [0.4, 0.5) is 4.39 Å². The summed E-state index contributed by atoms with van der Waals surface area (Å²) in [6, 6.07) is 0. The molecular formula is C15H21FN2O. The van der Waals surface area contributed by atoms with E-state index in [1.54, 1.807) is 0 Å². The molecule has 1 aliphatic heterocycles. The van der Waals surface area contributed by atoms with Crippen molar-refractivity contribution < 1.29 is 9.18 Å². The van der Waals surface area contributed by atoms with Gasteiger partial charge in [-0.05, 0) is 24.3 Å². The maximum absolute atomic E-state index is 12.5. The summed E-state index contributed by atoms with van der Waals surface area (Å²) >= 11 is 0. The molecule has 3 nitrogen and oxygen atoms in total. The smallest absolute Gasteiger partial charge is 0.226 e. The van der Waals surface area contributed by atoms with Gasteiger partial charge in [0.25, 0.3) is 0 Å². The second kappa shape index (κ2) is 4.72. The highest BCUT2D eigenvalue weighted by molar-refractivity contribution is 6.02. The van der Waals surface area contributed by atoms with E-state index in [0.717, 1.165) is 19.5 Å². The lowest BCUT2D eigenvalue weighted by molar-refractivity contribution is -0.132. The second-order valence-corrected chi connectivity index (χ2v) is 6.50. The largest absolute Gasteiger partial charge is 0.307 e. The van der Waals surface area contributed by atoms with Crippen LogP contribution in [0.1, 0.15) is 27.2 Å². The monoisotopic (exact) mass is 264 g/mol. The summed E-state index contributed by atoms with van der Waals surface area (Å²) in [5.41, 5.74) is -0.443. The average molecular weight is 264 g/mol. The zero-order valence-electron chi connectivity index (χ0n) is 11.9. The Morgan fingerprint density at radius 3 is 2.79 bits per heavy atom. The third-order valence-electron chi connectivity index (χ3n) is 4.77. The van der Waals surface area contributed by atoms with Gasteiger partial charge in [0.05, 0.1) is 6.57 Å². The standard InChI is InChI=1S/C15H21FN2O/c1-14(2)12-5-7-18(8-6-16)10-15(12,3)9-11(17-4)13(14)19/h9,12H,5-8,10H2,1-3H3/t12-,15+/m1/s1. The average Bonchev–Trinajstić information content (AvgIpc) is 2.34. The van der Waals surface area contributed by atoms with Gasteiger partial charge in [-0.15, -0.1) is 0 Å². The van der Waals surface area contributed by atoms with Crippen LogP contribution in [0.15, 0.2) is 11.8 Å². The molecular weight excluding hydrogens is 243 g/mol. The molecule has 1 aliphatic carbocycles. The first-order chi connectivity index (χ1) is 8.85. The molecule has 0 aromatic heterocycles. The number of rotatable bonds is 2. The highest BCUT2D eigenvalue weighted by atomic mass is 19.1. The molecule has 19 heavy (non-hydrogen) atoms. The maximum atomic E-state index is 12.5. The van der Waals surface area contributed by atoms with E-state index >= 15 is 0 Å². The molecule has 0 aromatic carbocycles. The number of carbonyl (C=O) groups is 1. The Kier molecular flexibility index (Phi) is 3.53. The first-order valence-electron chi connectivity index (χ1n) is 6.78. The third kappa shape index (κ3) is 2.21. The van der Waals surface area contributed by atoms with E-state index < -0.39 is 5.41 Å². The minimum Gasteiger partial charge on any atom is -0.307 e. The molecule has 0 saturated carbocycles. The quantitative estimate of drug-likeness (QED) is 0.716. The first kappa shape index (κ1) is 14.2. The molecule has 0 radical (unpaired) electrons. The molecule has 2 rings (SSSR count). The van der Waals surface area contributed by atoms with Crippen LogP contribution in [0.2, 0.25) is 0 Å². The lowest BCUT2D eigenvalue weighted by Crippen LogP contribution is -2.55. The number of ketones is 1. The Morgan fingerprint density at radius 1 is 1.53 bits per heavy atom. The zero-order chi connectivity index (χ0) is 14.3. The fourth-order valence-electron chi connectivity index (χ4n) is 3.90. The number of hydrogen-bond acceptors (Lipinski definition) is 2. The lowest BCUT2D eigenvalue weighted by atomic mass is 9.55. The van der Waals surface area contributed by atoms with Crippen LogP contribution in [0, 0.1) is 23.3 Å². The van der Waals surface area contributed by atoms with Crippen LogP contribution in [-0.4, -0.2) is 37.0 Å². The van der Waals surface area contributed by atoms with E-state index in [-0.39, 0.29) is 29.5 Å². The molecule has 1 saturated heterocycles. The molecule has 0 aromatic rings. The fourth-order valence-corrected chi connectivity index (χ4v) is 3.90. The Morgan fingerprint density at radius 2 is 2.21 bits per heavy atom. The fraction of sp³-hybridized carbons (Fsp3) is 0.733. The number of piperidine rings is 1. The predicted octanol–water partition coefficient (Wildman–Crippen LogP) is 2.70. The summed E-state index contributed by atoms with van der Waals surface area (Å²) in [6.07, 6.45) is 2.72. The number of Topliss-reactive ketones (excluding diaryl/α,β-unsaturated/α-hetero) is 1. The van der Waals surface area contributed by atoms with Crippen molar-refractivity contribution in [2.75, 3.05) is 26.3 Å². The number of halogens is 1. The molecule has 104 valence electrons. The molecule has 1 heterocycles. The summed E-state index contributed by atoms with van der Waals surface area (Å²) in [5.74, 6) is 0.192. The molecule has 2 aliphatic rings. The van der Waals surface area contributed by atoms with Crippen LogP contribution in [0.5, 0.6) is 0 Å². The number of alkyl halides is 1. The topological polar surface area (TPSA) is 24.7 Å². The molecule has 1 fully saturated rings.